The van der Waals surface area contributed by atoms with Gasteiger partial charge in [0.2, 0.25) is 0 Å². The van der Waals surface area contributed by atoms with Gasteiger partial charge in [0.05, 0.1) is 17.3 Å². The highest BCUT2D eigenvalue weighted by atomic mass is 32.2. The van der Waals surface area contributed by atoms with Crippen LogP contribution < -0.4 is 9.47 Å². The van der Waals surface area contributed by atoms with E-state index >= 15 is 0 Å². The lowest BCUT2D eigenvalue weighted by molar-refractivity contribution is 0.104. The third kappa shape index (κ3) is 5.15. The highest BCUT2D eigenvalue weighted by Gasteiger charge is 2.29. The van der Waals surface area contributed by atoms with Crippen molar-refractivity contribution in [3.05, 3.63) is 48.5 Å². The van der Waals surface area contributed by atoms with Crippen LogP contribution in [0.1, 0.15) is 6.92 Å². The first-order valence-electron chi connectivity index (χ1n) is 8.03. The molecule has 1 atom stereocenters. The summed E-state index contributed by atoms with van der Waals surface area (Å²) in [5.74, 6) is 2.49. The third-order valence-electron chi connectivity index (χ3n) is 3.51. The van der Waals surface area contributed by atoms with Crippen LogP contribution in [0.25, 0.3) is 0 Å². The second kappa shape index (κ2) is 8.01. The second-order valence-electron chi connectivity index (χ2n) is 5.57. The van der Waals surface area contributed by atoms with Crippen LogP contribution in [0.5, 0.6) is 17.2 Å². The molecule has 1 heterocycles. The Labute approximate surface area is 156 Å². The van der Waals surface area contributed by atoms with E-state index in [1.54, 1.807) is 67.2 Å². The first-order chi connectivity index (χ1) is 12.5. The van der Waals surface area contributed by atoms with Gasteiger partial charge in [0.15, 0.2) is 9.84 Å². The molecule has 26 heavy (non-hydrogen) atoms. The Morgan fingerprint density at radius 3 is 2.12 bits per heavy atom. The molecule has 0 saturated carbocycles. The van der Waals surface area contributed by atoms with Crippen molar-refractivity contribution in [1.29, 1.82) is 0 Å². The third-order valence-corrected chi connectivity index (χ3v) is 6.53. The fraction of sp³-hybridized carbons (Fsp3) is 0.278. The zero-order chi connectivity index (χ0) is 18.6. The monoisotopic (exact) mass is 394 g/mol. The topological polar surface area (TPSA) is 78.9 Å². The molecule has 0 amide bonds. The molecule has 2 aromatic carbocycles. The lowest BCUT2D eigenvalue weighted by atomic mass is 10.3. The van der Waals surface area contributed by atoms with Gasteiger partial charge in [0, 0.05) is 11.0 Å². The van der Waals surface area contributed by atoms with Gasteiger partial charge in [-0.25, -0.2) is 13.2 Å². The van der Waals surface area contributed by atoms with Crippen LogP contribution in [0.3, 0.4) is 0 Å². The quantitative estimate of drug-likeness (QED) is 0.400. The van der Waals surface area contributed by atoms with Crippen molar-refractivity contribution in [3.8, 4) is 17.2 Å². The van der Waals surface area contributed by atoms with Crippen LogP contribution in [-0.4, -0.2) is 37.9 Å². The summed E-state index contributed by atoms with van der Waals surface area (Å²) >= 11 is 1.66. The van der Waals surface area contributed by atoms with Crippen molar-refractivity contribution in [2.75, 3.05) is 18.1 Å². The van der Waals surface area contributed by atoms with Crippen molar-refractivity contribution in [2.45, 2.75) is 17.1 Å². The zero-order valence-corrected chi connectivity index (χ0v) is 15.7. The molecule has 138 valence electrons. The minimum absolute atomic E-state index is 0.180. The fourth-order valence-corrected chi connectivity index (χ4v) is 4.85. The van der Waals surface area contributed by atoms with Crippen molar-refractivity contribution < 1.29 is 27.4 Å². The van der Waals surface area contributed by atoms with E-state index in [-0.39, 0.29) is 17.6 Å². The smallest absolute Gasteiger partial charge is 0.457 e. The summed E-state index contributed by atoms with van der Waals surface area (Å²) in [6, 6.07) is 12.8. The lowest BCUT2D eigenvalue weighted by Gasteiger charge is -2.08. The van der Waals surface area contributed by atoms with E-state index in [9.17, 15) is 13.2 Å². The van der Waals surface area contributed by atoms with E-state index in [1.807, 2.05) is 0 Å². The van der Waals surface area contributed by atoms with E-state index in [2.05, 4.69) is 0 Å². The molecule has 0 aliphatic carbocycles. The standard InChI is InChI=1S/C18H18O6S2/c1-2-22-18(19)24-15-5-3-13(4-6-15)23-14-7-9-17(10-8-14)26(20,21)12-16-11-25-16/h3-10,16H,2,11-12H2,1H3. The minimum Gasteiger partial charge on any atom is -0.457 e. The Balaban J connectivity index is 1.61. The summed E-state index contributed by atoms with van der Waals surface area (Å²) in [6.07, 6.45) is -0.762. The summed E-state index contributed by atoms with van der Waals surface area (Å²) in [5, 5.41) is 0.228. The van der Waals surface area contributed by atoms with Crippen LogP contribution in [0.15, 0.2) is 53.4 Å². The van der Waals surface area contributed by atoms with E-state index < -0.39 is 16.0 Å². The maximum absolute atomic E-state index is 12.2. The fourth-order valence-electron chi connectivity index (χ4n) is 2.18. The van der Waals surface area contributed by atoms with Crippen molar-refractivity contribution in [2.24, 2.45) is 0 Å². The van der Waals surface area contributed by atoms with Gasteiger partial charge >= 0.3 is 6.16 Å². The number of sulfone groups is 1. The van der Waals surface area contributed by atoms with Gasteiger partial charge in [-0.1, -0.05) is 0 Å². The summed E-state index contributed by atoms with van der Waals surface area (Å²) in [5.41, 5.74) is 0. The molecule has 1 fully saturated rings. The maximum Gasteiger partial charge on any atom is 0.513 e. The van der Waals surface area contributed by atoms with Gasteiger partial charge in [-0.3, -0.25) is 0 Å². The van der Waals surface area contributed by atoms with Crippen molar-refractivity contribution in [1.82, 2.24) is 0 Å². The molecule has 0 bridgehead atoms. The van der Waals surface area contributed by atoms with Gasteiger partial charge in [0.25, 0.3) is 0 Å². The molecular formula is C18H18O6S2. The Bertz CT molecular complexity index is 856. The number of rotatable bonds is 7. The number of carbonyl (C=O) groups excluding carboxylic acids is 1. The van der Waals surface area contributed by atoms with Gasteiger partial charge in [0.1, 0.15) is 17.2 Å². The van der Waals surface area contributed by atoms with E-state index in [0.717, 1.165) is 5.75 Å². The number of carbonyl (C=O) groups is 1. The molecule has 2 aromatic rings. The normalized spacial score (nSPS) is 16.0. The zero-order valence-electron chi connectivity index (χ0n) is 14.1. The molecule has 6 nitrogen and oxygen atoms in total. The SMILES string of the molecule is CCOC(=O)Oc1ccc(Oc2ccc(S(=O)(=O)CC3CS3)cc2)cc1. The highest BCUT2D eigenvalue weighted by Crippen LogP contribution is 2.33. The second-order valence-corrected chi connectivity index (χ2v) is 8.93. The Kier molecular flexibility index (Phi) is 5.73. The molecule has 0 N–H and O–H groups in total. The molecule has 1 aliphatic heterocycles. The van der Waals surface area contributed by atoms with Gasteiger partial charge < -0.3 is 14.2 Å². The molecule has 1 aliphatic rings. The van der Waals surface area contributed by atoms with Crippen LogP contribution in [0.4, 0.5) is 4.79 Å². The average molecular weight is 394 g/mol. The highest BCUT2D eigenvalue weighted by molar-refractivity contribution is 8.08. The van der Waals surface area contributed by atoms with Crippen molar-refractivity contribution >= 4 is 27.8 Å². The van der Waals surface area contributed by atoms with E-state index in [1.165, 1.54) is 0 Å². The molecule has 0 radical (unpaired) electrons. The maximum atomic E-state index is 12.2. The number of hydrogen-bond acceptors (Lipinski definition) is 7. The van der Waals surface area contributed by atoms with Gasteiger partial charge in [-0.15, -0.1) is 0 Å². The van der Waals surface area contributed by atoms with Gasteiger partial charge in [-0.05, 0) is 55.5 Å². The van der Waals surface area contributed by atoms with Crippen LogP contribution in [-0.2, 0) is 14.6 Å². The Morgan fingerprint density at radius 1 is 1.04 bits per heavy atom. The number of benzene rings is 2. The molecule has 0 spiro atoms. The molecule has 1 unspecified atom stereocenters. The molecular weight excluding hydrogens is 376 g/mol. The summed E-state index contributed by atoms with van der Waals surface area (Å²) in [7, 11) is -3.25. The Morgan fingerprint density at radius 2 is 1.58 bits per heavy atom. The van der Waals surface area contributed by atoms with Crippen LogP contribution in [0, 0.1) is 0 Å². The first kappa shape index (κ1) is 18.6. The van der Waals surface area contributed by atoms with E-state index in [4.69, 9.17) is 14.2 Å². The minimum atomic E-state index is -3.25. The largest absolute Gasteiger partial charge is 0.513 e. The van der Waals surface area contributed by atoms with Crippen molar-refractivity contribution in [3.63, 3.8) is 0 Å². The summed E-state index contributed by atoms with van der Waals surface area (Å²) < 4.78 is 39.8. The Hall–Kier alpha value is -2.19. The van der Waals surface area contributed by atoms with Crippen LogP contribution >= 0.6 is 11.8 Å². The number of hydrogen-bond donors (Lipinski definition) is 0. The summed E-state index contributed by atoms with van der Waals surface area (Å²) in [4.78, 5) is 11.5. The lowest BCUT2D eigenvalue weighted by Crippen LogP contribution is -2.10. The predicted molar refractivity (Wildman–Crippen MR) is 98.9 cm³/mol. The summed E-state index contributed by atoms with van der Waals surface area (Å²) in [6.45, 7) is 1.94. The molecule has 8 heteroatoms. The van der Waals surface area contributed by atoms with Gasteiger partial charge in [-0.2, -0.15) is 11.8 Å². The number of ether oxygens (including phenoxy) is 3. The molecule has 3 rings (SSSR count). The van der Waals surface area contributed by atoms with Crippen LogP contribution in [0.2, 0.25) is 0 Å². The molecule has 0 aromatic heterocycles. The number of thioether (sulfide) groups is 1. The predicted octanol–water partition coefficient (Wildman–Crippen LogP) is 3.90. The first-order valence-corrected chi connectivity index (χ1v) is 10.7. The molecule has 1 saturated heterocycles. The average Bonchev–Trinajstić information content (AvgIpc) is 3.41. The van der Waals surface area contributed by atoms with E-state index in [0.29, 0.717) is 22.1 Å².